The molecule has 21 heavy (non-hydrogen) atoms. The zero-order chi connectivity index (χ0) is 14.5. The van der Waals surface area contributed by atoms with E-state index in [9.17, 15) is 0 Å². The molecule has 1 unspecified atom stereocenters. The molecule has 0 amide bonds. The second-order valence-electron chi connectivity index (χ2n) is 4.99. The number of nitrogens with two attached hydrogens (primary N) is 1. The highest BCUT2D eigenvalue weighted by atomic mass is 32.1. The van der Waals surface area contributed by atoms with E-state index in [2.05, 4.69) is 27.5 Å². The minimum Gasteiger partial charge on any atom is -0.324 e. The van der Waals surface area contributed by atoms with Crippen molar-refractivity contribution < 1.29 is 0 Å². The highest BCUT2D eigenvalue weighted by molar-refractivity contribution is 7.09. The van der Waals surface area contributed by atoms with Gasteiger partial charge >= 0.3 is 0 Å². The van der Waals surface area contributed by atoms with Crippen molar-refractivity contribution in [2.75, 3.05) is 0 Å². The second-order valence-corrected chi connectivity index (χ2v) is 5.93. The molecule has 2 N–H and O–H groups in total. The van der Waals surface area contributed by atoms with Gasteiger partial charge in [0.15, 0.2) is 0 Å². The van der Waals surface area contributed by atoms with Crippen LogP contribution in [0, 0.1) is 0 Å². The summed E-state index contributed by atoms with van der Waals surface area (Å²) in [5.74, 6) is 0. The number of aromatic nitrogens is 2. The normalized spacial score (nSPS) is 12.2. The van der Waals surface area contributed by atoms with Crippen molar-refractivity contribution in [2.45, 2.75) is 18.9 Å². The van der Waals surface area contributed by atoms with Crippen LogP contribution in [0.5, 0.6) is 0 Å². The lowest BCUT2D eigenvalue weighted by atomic mass is 10.0. The molecule has 3 rings (SSSR count). The van der Waals surface area contributed by atoms with E-state index in [0.717, 1.165) is 29.1 Å². The molecule has 1 atom stereocenters. The summed E-state index contributed by atoms with van der Waals surface area (Å²) in [4.78, 5) is 8.72. The Kier molecular flexibility index (Phi) is 4.38. The second kappa shape index (κ2) is 6.61. The molecule has 0 fully saturated rings. The average molecular weight is 295 g/mol. The Labute approximate surface area is 128 Å². The van der Waals surface area contributed by atoms with Gasteiger partial charge in [-0.25, -0.2) is 4.98 Å². The number of hydrogen-bond donors (Lipinski definition) is 1. The van der Waals surface area contributed by atoms with E-state index in [-0.39, 0.29) is 6.04 Å². The first kappa shape index (κ1) is 13.9. The lowest BCUT2D eigenvalue weighted by Crippen LogP contribution is -2.13. The van der Waals surface area contributed by atoms with E-state index in [1.165, 1.54) is 5.56 Å². The number of hydrogen-bond acceptors (Lipinski definition) is 4. The van der Waals surface area contributed by atoms with E-state index >= 15 is 0 Å². The van der Waals surface area contributed by atoms with Crippen molar-refractivity contribution >= 4 is 11.3 Å². The van der Waals surface area contributed by atoms with E-state index in [1.807, 2.05) is 42.7 Å². The fourth-order valence-electron chi connectivity index (χ4n) is 2.24. The van der Waals surface area contributed by atoms with E-state index < -0.39 is 0 Å². The third-order valence-electron chi connectivity index (χ3n) is 3.36. The first-order valence-electron chi connectivity index (χ1n) is 6.94. The van der Waals surface area contributed by atoms with Crippen LogP contribution in [0.15, 0.2) is 60.2 Å². The largest absolute Gasteiger partial charge is 0.324 e. The topological polar surface area (TPSA) is 51.8 Å². The van der Waals surface area contributed by atoms with E-state index in [1.54, 1.807) is 11.3 Å². The first-order chi connectivity index (χ1) is 10.3. The smallest absolute Gasteiger partial charge is 0.0972 e. The summed E-state index contributed by atoms with van der Waals surface area (Å²) in [6.45, 7) is 0. The third-order valence-corrected chi connectivity index (χ3v) is 4.26. The van der Waals surface area contributed by atoms with Gasteiger partial charge in [0, 0.05) is 36.7 Å². The molecule has 0 aliphatic rings. The van der Waals surface area contributed by atoms with Crippen molar-refractivity contribution in [2.24, 2.45) is 5.73 Å². The van der Waals surface area contributed by atoms with Crippen molar-refractivity contribution in [3.05, 3.63) is 82.1 Å². The number of thiazole rings is 1. The Balaban J connectivity index is 1.65. The van der Waals surface area contributed by atoms with Crippen molar-refractivity contribution in [3.63, 3.8) is 0 Å². The molecule has 3 aromatic rings. The van der Waals surface area contributed by atoms with Gasteiger partial charge in [-0.05, 0) is 23.3 Å². The Morgan fingerprint density at radius 3 is 2.57 bits per heavy atom. The van der Waals surface area contributed by atoms with Crippen LogP contribution in [0.1, 0.15) is 27.9 Å². The van der Waals surface area contributed by atoms with Crippen molar-refractivity contribution in [3.8, 4) is 0 Å². The molecule has 0 aliphatic carbocycles. The monoisotopic (exact) mass is 295 g/mol. The maximum Gasteiger partial charge on any atom is 0.0972 e. The minimum atomic E-state index is 0.00192. The summed E-state index contributed by atoms with van der Waals surface area (Å²) < 4.78 is 0. The Morgan fingerprint density at radius 2 is 1.81 bits per heavy atom. The molecule has 0 aliphatic heterocycles. The summed E-state index contributed by atoms with van der Waals surface area (Å²) in [6, 6.07) is 14.2. The zero-order valence-corrected chi connectivity index (χ0v) is 12.5. The molecule has 3 nitrogen and oxygen atoms in total. The fraction of sp³-hybridized carbons (Fsp3) is 0.176. The number of pyridine rings is 1. The van der Waals surface area contributed by atoms with Gasteiger partial charge in [0.1, 0.15) is 0 Å². The maximum atomic E-state index is 6.25. The van der Waals surface area contributed by atoms with Crippen LogP contribution in [0.2, 0.25) is 0 Å². The van der Waals surface area contributed by atoms with Crippen LogP contribution in [-0.2, 0) is 12.8 Å². The highest BCUT2D eigenvalue weighted by Crippen LogP contribution is 2.19. The van der Waals surface area contributed by atoms with Crippen LogP contribution in [0.3, 0.4) is 0 Å². The van der Waals surface area contributed by atoms with Crippen LogP contribution in [-0.4, -0.2) is 9.97 Å². The van der Waals surface area contributed by atoms with Gasteiger partial charge in [-0.1, -0.05) is 30.3 Å². The molecule has 106 valence electrons. The summed E-state index contributed by atoms with van der Waals surface area (Å²) >= 11 is 1.69. The van der Waals surface area contributed by atoms with Gasteiger partial charge in [0.05, 0.1) is 10.7 Å². The molecule has 0 spiro atoms. The molecule has 0 radical (unpaired) electrons. The van der Waals surface area contributed by atoms with Gasteiger partial charge in [-0.15, -0.1) is 11.3 Å². The van der Waals surface area contributed by atoms with Gasteiger partial charge in [0.2, 0.25) is 0 Å². The van der Waals surface area contributed by atoms with Crippen LogP contribution in [0.25, 0.3) is 0 Å². The zero-order valence-electron chi connectivity index (χ0n) is 11.6. The van der Waals surface area contributed by atoms with Crippen molar-refractivity contribution in [1.82, 2.24) is 9.97 Å². The van der Waals surface area contributed by atoms with E-state index in [0.29, 0.717) is 0 Å². The van der Waals surface area contributed by atoms with E-state index in [4.69, 9.17) is 5.73 Å². The standard InChI is InChI=1S/C17H17N3S/c18-16(14-4-2-1-3-5-14)11-15-12-21-17(20-15)10-13-6-8-19-9-7-13/h1-9,12,16H,10-11,18H2. The highest BCUT2D eigenvalue weighted by Gasteiger charge is 2.10. The first-order valence-corrected chi connectivity index (χ1v) is 7.82. The molecule has 0 saturated heterocycles. The Morgan fingerprint density at radius 1 is 1.05 bits per heavy atom. The van der Waals surface area contributed by atoms with Gasteiger partial charge in [-0.3, -0.25) is 4.98 Å². The number of rotatable bonds is 5. The summed E-state index contributed by atoms with van der Waals surface area (Å²) in [5.41, 5.74) is 9.70. The molecule has 0 saturated carbocycles. The summed E-state index contributed by atoms with van der Waals surface area (Å²) in [7, 11) is 0. The van der Waals surface area contributed by atoms with Gasteiger partial charge in [-0.2, -0.15) is 0 Å². The van der Waals surface area contributed by atoms with Crippen LogP contribution >= 0.6 is 11.3 Å². The summed E-state index contributed by atoms with van der Waals surface area (Å²) in [5, 5.41) is 3.23. The predicted octanol–water partition coefficient (Wildman–Crippen LogP) is 3.37. The fourth-order valence-corrected chi connectivity index (χ4v) is 3.08. The molecule has 4 heteroatoms. The quantitative estimate of drug-likeness (QED) is 0.785. The minimum absolute atomic E-state index is 0.00192. The number of benzene rings is 1. The van der Waals surface area contributed by atoms with Gasteiger partial charge in [0.25, 0.3) is 0 Å². The molecule has 0 bridgehead atoms. The molecule has 2 heterocycles. The lowest BCUT2D eigenvalue weighted by molar-refractivity contribution is 0.708. The molecular formula is C17H17N3S. The van der Waals surface area contributed by atoms with Crippen LogP contribution < -0.4 is 5.73 Å². The summed E-state index contributed by atoms with van der Waals surface area (Å²) in [6.07, 6.45) is 5.26. The molecular weight excluding hydrogens is 278 g/mol. The molecule has 1 aromatic carbocycles. The Hall–Kier alpha value is -2.04. The van der Waals surface area contributed by atoms with Crippen molar-refractivity contribution in [1.29, 1.82) is 0 Å². The molecule has 2 aromatic heterocycles. The SMILES string of the molecule is NC(Cc1csc(Cc2ccncc2)n1)c1ccccc1. The predicted molar refractivity (Wildman–Crippen MR) is 86.2 cm³/mol. The number of nitrogens with zero attached hydrogens (tertiary/aromatic N) is 2. The Bertz CT molecular complexity index is 680. The third kappa shape index (κ3) is 3.74. The maximum absolute atomic E-state index is 6.25. The lowest BCUT2D eigenvalue weighted by Gasteiger charge is -2.09. The van der Waals surface area contributed by atoms with Crippen LogP contribution in [0.4, 0.5) is 0 Å². The average Bonchev–Trinajstić information content (AvgIpc) is 2.96. The van der Waals surface area contributed by atoms with Gasteiger partial charge < -0.3 is 5.73 Å².